The number of amides is 1. The Morgan fingerprint density at radius 2 is 2.09 bits per heavy atom. The predicted octanol–water partition coefficient (Wildman–Crippen LogP) is 3.74. The van der Waals surface area contributed by atoms with E-state index in [9.17, 15) is 9.59 Å². The van der Waals surface area contributed by atoms with Crippen molar-refractivity contribution in [1.82, 2.24) is 9.55 Å². The molecule has 0 saturated heterocycles. The van der Waals surface area contributed by atoms with Gasteiger partial charge in [-0.15, -0.1) is 22.7 Å². The molecule has 120 valence electrons. The van der Waals surface area contributed by atoms with E-state index in [1.165, 1.54) is 16.2 Å². The SMILES string of the molecule is Cc1ccc(-c2csc(NC(=O)CCn3c(C)csc3=O)n2)s1. The third-order valence-electron chi connectivity index (χ3n) is 3.28. The number of aryl methyl sites for hydroxylation is 2. The van der Waals surface area contributed by atoms with Crippen LogP contribution in [0.1, 0.15) is 17.0 Å². The largest absolute Gasteiger partial charge is 0.307 e. The summed E-state index contributed by atoms with van der Waals surface area (Å²) in [6, 6.07) is 4.09. The number of rotatable bonds is 5. The summed E-state index contributed by atoms with van der Waals surface area (Å²) in [6.07, 6.45) is 0.254. The lowest BCUT2D eigenvalue weighted by atomic mass is 10.4. The topological polar surface area (TPSA) is 64.0 Å². The summed E-state index contributed by atoms with van der Waals surface area (Å²) in [5, 5.41) is 7.13. The Morgan fingerprint density at radius 3 is 2.74 bits per heavy atom. The van der Waals surface area contributed by atoms with Crippen LogP contribution in [-0.2, 0) is 11.3 Å². The molecular formula is C15H15N3O2S3. The highest BCUT2D eigenvalue weighted by Gasteiger charge is 2.10. The van der Waals surface area contributed by atoms with Crippen molar-refractivity contribution < 1.29 is 4.79 Å². The molecule has 3 heterocycles. The maximum atomic E-state index is 12.0. The lowest BCUT2D eigenvalue weighted by molar-refractivity contribution is -0.116. The lowest BCUT2D eigenvalue weighted by Gasteiger charge is -2.04. The van der Waals surface area contributed by atoms with Crippen LogP contribution in [0.15, 0.2) is 27.7 Å². The van der Waals surface area contributed by atoms with E-state index < -0.39 is 0 Å². The van der Waals surface area contributed by atoms with Crippen LogP contribution in [0.3, 0.4) is 0 Å². The van der Waals surface area contributed by atoms with Gasteiger partial charge in [0.1, 0.15) is 0 Å². The maximum absolute atomic E-state index is 12.0. The highest BCUT2D eigenvalue weighted by Crippen LogP contribution is 2.30. The number of anilines is 1. The van der Waals surface area contributed by atoms with Crippen molar-refractivity contribution >= 4 is 45.0 Å². The number of hydrogen-bond acceptors (Lipinski definition) is 6. The van der Waals surface area contributed by atoms with Crippen LogP contribution in [0, 0.1) is 13.8 Å². The minimum atomic E-state index is -0.134. The first-order valence-corrected chi connectivity index (χ1v) is 9.57. The summed E-state index contributed by atoms with van der Waals surface area (Å²) >= 11 is 4.24. The van der Waals surface area contributed by atoms with Gasteiger partial charge in [-0.25, -0.2) is 4.98 Å². The Morgan fingerprint density at radius 1 is 1.26 bits per heavy atom. The van der Waals surface area contributed by atoms with E-state index in [0.717, 1.165) is 27.6 Å². The standard InChI is InChI=1S/C15H15N3O2S3/c1-9-7-22-15(20)18(9)6-5-13(19)17-14-16-11(8-21-14)12-4-3-10(2)23-12/h3-4,7-8H,5-6H2,1-2H3,(H,16,17,19). The van der Waals surface area contributed by atoms with Crippen molar-refractivity contribution in [2.24, 2.45) is 0 Å². The highest BCUT2D eigenvalue weighted by atomic mass is 32.1. The minimum absolute atomic E-state index is 0.0279. The van der Waals surface area contributed by atoms with Crippen molar-refractivity contribution in [3.8, 4) is 10.6 Å². The Labute approximate surface area is 145 Å². The second-order valence-electron chi connectivity index (χ2n) is 5.04. The van der Waals surface area contributed by atoms with Crippen molar-refractivity contribution in [2.75, 3.05) is 5.32 Å². The molecule has 0 aliphatic carbocycles. The molecule has 0 unspecified atom stereocenters. The lowest BCUT2D eigenvalue weighted by Crippen LogP contribution is -2.20. The van der Waals surface area contributed by atoms with Crippen LogP contribution in [0.5, 0.6) is 0 Å². The predicted molar refractivity (Wildman–Crippen MR) is 96.7 cm³/mol. The fourth-order valence-corrected chi connectivity index (χ4v) is 4.48. The molecular weight excluding hydrogens is 350 g/mol. The number of nitrogens with one attached hydrogen (secondary N) is 1. The van der Waals surface area contributed by atoms with Gasteiger partial charge in [0.15, 0.2) is 5.13 Å². The van der Waals surface area contributed by atoms with Crippen molar-refractivity contribution in [3.05, 3.63) is 43.1 Å². The summed E-state index contributed by atoms with van der Waals surface area (Å²) in [5.41, 5.74) is 1.77. The molecule has 3 rings (SSSR count). The van der Waals surface area contributed by atoms with Crippen molar-refractivity contribution in [3.63, 3.8) is 0 Å². The fraction of sp³-hybridized carbons (Fsp3) is 0.267. The van der Waals surface area contributed by atoms with E-state index in [2.05, 4.69) is 23.3 Å². The van der Waals surface area contributed by atoms with Gasteiger partial charge in [-0.1, -0.05) is 11.3 Å². The summed E-state index contributed by atoms with van der Waals surface area (Å²) in [6.45, 7) is 4.31. The number of nitrogens with zero attached hydrogens (tertiary/aromatic N) is 2. The first kappa shape index (κ1) is 16.1. The molecule has 0 spiro atoms. The van der Waals surface area contributed by atoms with Crippen LogP contribution in [0.25, 0.3) is 10.6 Å². The van der Waals surface area contributed by atoms with Gasteiger partial charge in [-0.2, -0.15) is 0 Å². The van der Waals surface area contributed by atoms with Crippen molar-refractivity contribution in [1.29, 1.82) is 0 Å². The molecule has 0 bridgehead atoms. The second-order valence-corrected chi connectivity index (χ2v) is 8.01. The summed E-state index contributed by atoms with van der Waals surface area (Å²) in [4.78, 5) is 30.4. The van der Waals surface area contributed by atoms with E-state index in [0.29, 0.717) is 11.7 Å². The smallest absolute Gasteiger partial charge is 0.303 e. The molecule has 0 atom stereocenters. The zero-order valence-electron chi connectivity index (χ0n) is 12.7. The molecule has 3 aromatic heterocycles. The van der Waals surface area contributed by atoms with E-state index in [-0.39, 0.29) is 17.2 Å². The number of thiazole rings is 2. The molecule has 0 saturated carbocycles. The highest BCUT2D eigenvalue weighted by molar-refractivity contribution is 7.17. The van der Waals surface area contributed by atoms with Crippen LogP contribution in [0.2, 0.25) is 0 Å². The van der Waals surface area contributed by atoms with Crippen LogP contribution < -0.4 is 10.2 Å². The van der Waals surface area contributed by atoms with E-state index in [1.807, 2.05) is 18.4 Å². The minimum Gasteiger partial charge on any atom is -0.303 e. The molecule has 1 N–H and O–H groups in total. The van der Waals surface area contributed by atoms with Gasteiger partial charge >= 0.3 is 4.87 Å². The molecule has 0 fully saturated rings. The molecule has 23 heavy (non-hydrogen) atoms. The van der Waals surface area contributed by atoms with Gasteiger partial charge < -0.3 is 9.88 Å². The molecule has 0 aromatic carbocycles. The zero-order valence-corrected chi connectivity index (χ0v) is 15.1. The van der Waals surface area contributed by atoms with Gasteiger partial charge in [0.05, 0.1) is 10.6 Å². The molecule has 0 radical (unpaired) electrons. The van der Waals surface area contributed by atoms with Gasteiger partial charge in [-0.3, -0.25) is 9.59 Å². The molecule has 5 nitrogen and oxygen atoms in total. The number of carbonyl (C=O) groups is 1. The Bertz CT molecular complexity index is 888. The van der Waals surface area contributed by atoms with Gasteiger partial charge in [0, 0.05) is 34.3 Å². The molecule has 3 aromatic rings. The number of aromatic nitrogens is 2. The van der Waals surface area contributed by atoms with Gasteiger partial charge in [0.2, 0.25) is 5.91 Å². The van der Waals surface area contributed by atoms with Crippen LogP contribution in [-0.4, -0.2) is 15.5 Å². The Kier molecular flexibility index (Phi) is 4.74. The average molecular weight is 366 g/mol. The van der Waals surface area contributed by atoms with Gasteiger partial charge in [-0.05, 0) is 26.0 Å². The van der Waals surface area contributed by atoms with Crippen LogP contribution >= 0.6 is 34.0 Å². The normalized spacial score (nSPS) is 10.9. The maximum Gasteiger partial charge on any atom is 0.307 e. The number of thiophene rings is 1. The third-order valence-corrected chi connectivity index (χ3v) is 5.94. The fourth-order valence-electron chi connectivity index (χ4n) is 2.09. The van der Waals surface area contributed by atoms with E-state index in [4.69, 9.17) is 0 Å². The Balaban J connectivity index is 1.60. The van der Waals surface area contributed by atoms with E-state index >= 15 is 0 Å². The third kappa shape index (κ3) is 3.77. The van der Waals surface area contributed by atoms with Gasteiger partial charge in [0.25, 0.3) is 0 Å². The zero-order chi connectivity index (χ0) is 16.4. The summed E-state index contributed by atoms with van der Waals surface area (Å²) < 4.78 is 1.62. The molecule has 1 amide bonds. The number of carbonyl (C=O) groups excluding carboxylic acids is 1. The van der Waals surface area contributed by atoms with Crippen LogP contribution in [0.4, 0.5) is 5.13 Å². The monoisotopic (exact) mass is 365 g/mol. The quantitative estimate of drug-likeness (QED) is 0.749. The molecule has 0 aliphatic heterocycles. The first-order valence-electron chi connectivity index (χ1n) is 7.00. The molecule has 8 heteroatoms. The summed E-state index contributed by atoms with van der Waals surface area (Å²) in [5.74, 6) is -0.134. The summed E-state index contributed by atoms with van der Waals surface area (Å²) in [7, 11) is 0. The molecule has 0 aliphatic rings. The second kappa shape index (κ2) is 6.77. The van der Waals surface area contributed by atoms with Crippen molar-refractivity contribution in [2.45, 2.75) is 26.8 Å². The first-order chi connectivity index (χ1) is 11.0. The number of hydrogen-bond donors (Lipinski definition) is 1. The van der Waals surface area contributed by atoms with E-state index in [1.54, 1.807) is 21.3 Å². The Hall–Kier alpha value is -1.77. The average Bonchev–Trinajstić information content (AvgIpc) is 3.20.